The minimum atomic E-state index is -0.393. The number of carbonyl (C=O) groups is 2. The molecule has 0 radical (unpaired) electrons. The van der Waals surface area contributed by atoms with Gasteiger partial charge in [0.25, 0.3) is 5.91 Å². The Morgan fingerprint density at radius 3 is 2.71 bits per heavy atom. The van der Waals surface area contributed by atoms with E-state index in [2.05, 4.69) is 37.9 Å². The highest BCUT2D eigenvalue weighted by Crippen LogP contribution is 2.52. The first kappa shape index (κ1) is 17.1. The van der Waals surface area contributed by atoms with Crippen molar-refractivity contribution in [3.63, 3.8) is 0 Å². The lowest BCUT2D eigenvalue weighted by Crippen LogP contribution is -2.66. The Balaban J connectivity index is 1.42. The second kappa shape index (κ2) is 6.63. The summed E-state index contributed by atoms with van der Waals surface area (Å²) >= 11 is 1.70. The van der Waals surface area contributed by atoms with E-state index in [1.807, 2.05) is 18.2 Å². The predicted octanol–water partition coefficient (Wildman–Crippen LogP) is 3.09. The van der Waals surface area contributed by atoms with Crippen LogP contribution in [-0.2, 0) is 16.0 Å². The van der Waals surface area contributed by atoms with Crippen LogP contribution >= 0.6 is 11.8 Å². The van der Waals surface area contributed by atoms with Crippen LogP contribution in [0.1, 0.15) is 38.7 Å². The third-order valence-corrected chi connectivity index (χ3v) is 6.27. The van der Waals surface area contributed by atoms with E-state index in [1.54, 1.807) is 16.7 Å². The first-order valence-electron chi connectivity index (χ1n) is 8.44. The molecule has 1 aromatic carbocycles. The van der Waals surface area contributed by atoms with Gasteiger partial charge in [0.15, 0.2) is 0 Å². The monoisotopic (exact) mass is 344 g/mol. The molecule has 3 rings (SSSR count). The van der Waals surface area contributed by atoms with Gasteiger partial charge in [-0.15, -0.1) is 11.8 Å². The SMILES string of the molecule is C=C1N2C(=O)[C@@H](NC(=O)CCCCc3ccccc3)[C@H]2SC1(C)C. The molecular formula is C19H24N2O2S. The number of nitrogens with one attached hydrogen (secondary N) is 1. The van der Waals surface area contributed by atoms with Crippen LogP contribution in [-0.4, -0.2) is 32.9 Å². The fourth-order valence-electron chi connectivity index (χ4n) is 3.17. The van der Waals surface area contributed by atoms with Crippen molar-refractivity contribution in [2.45, 2.75) is 55.7 Å². The van der Waals surface area contributed by atoms with Gasteiger partial charge in [-0.1, -0.05) is 36.9 Å². The maximum absolute atomic E-state index is 12.2. The van der Waals surface area contributed by atoms with Crippen LogP contribution < -0.4 is 5.32 Å². The molecule has 4 nitrogen and oxygen atoms in total. The van der Waals surface area contributed by atoms with E-state index in [1.165, 1.54) is 5.56 Å². The summed E-state index contributed by atoms with van der Waals surface area (Å²) in [5.74, 6) is -0.0577. The summed E-state index contributed by atoms with van der Waals surface area (Å²) in [7, 11) is 0. The molecule has 2 aliphatic rings. The third kappa shape index (κ3) is 3.22. The smallest absolute Gasteiger partial charge is 0.253 e. The van der Waals surface area contributed by atoms with Gasteiger partial charge in [-0.2, -0.15) is 0 Å². The van der Waals surface area contributed by atoms with Gasteiger partial charge >= 0.3 is 0 Å². The maximum atomic E-state index is 12.2. The lowest BCUT2D eigenvalue weighted by atomic mass is 10.0. The minimum absolute atomic E-state index is 0.00766. The van der Waals surface area contributed by atoms with Crippen LogP contribution in [0, 0.1) is 0 Å². The van der Waals surface area contributed by atoms with Crippen molar-refractivity contribution < 1.29 is 9.59 Å². The fraction of sp³-hybridized carbons (Fsp3) is 0.474. The van der Waals surface area contributed by atoms with E-state index in [0.717, 1.165) is 25.0 Å². The number of β-lactam (4-membered cyclic amide) rings is 1. The molecule has 0 aliphatic carbocycles. The highest BCUT2D eigenvalue weighted by atomic mass is 32.2. The van der Waals surface area contributed by atoms with E-state index in [4.69, 9.17) is 0 Å². The molecule has 0 bridgehead atoms. The highest BCUT2D eigenvalue weighted by Gasteiger charge is 2.58. The number of thioether (sulfide) groups is 1. The van der Waals surface area contributed by atoms with Gasteiger partial charge in [0.05, 0.1) is 4.75 Å². The Bertz CT molecular complexity index is 657. The Labute approximate surface area is 147 Å². The van der Waals surface area contributed by atoms with Gasteiger partial charge in [0, 0.05) is 12.1 Å². The molecule has 1 N–H and O–H groups in total. The molecule has 1 aromatic rings. The molecular weight excluding hydrogens is 320 g/mol. The van der Waals surface area contributed by atoms with Crippen LogP contribution in [0.2, 0.25) is 0 Å². The molecule has 2 heterocycles. The molecule has 2 fully saturated rings. The topological polar surface area (TPSA) is 49.4 Å². The highest BCUT2D eigenvalue weighted by molar-refractivity contribution is 8.01. The molecule has 0 saturated carbocycles. The van der Waals surface area contributed by atoms with Crippen molar-refractivity contribution in [1.82, 2.24) is 10.2 Å². The number of carbonyl (C=O) groups excluding carboxylic acids is 2. The van der Waals surface area contributed by atoms with Crippen LogP contribution in [0.25, 0.3) is 0 Å². The minimum Gasteiger partial charge on any atom is -0.342 e. The number of unbranched alkanes of at least 4 members (excludes halogenated alkanes) is 1. The lowest BCUT2D eigenvalue weighted by molar-refractivity contribution is -0.145. The number of fused-ring (bicyclic) bond motifs is 1. The quantitative estimate of drug-likeness (QED) is 0.637. The molecule has 24 heavy (non-hydrogen) atoms. The molecule has 0 aromatic heterocycles. The Morgan fingerprint density at radius 1 is 1.29 bits per heavy atom. The second-order valence-electron chi connectivity index (χ2n) is 6.91. The van der Waals surface area contributed by atoms with Gasteiger partial charge in [0.1, 0.15) is 11.4 Å². The van der Waals surface area contributed by atoms with Crippen LogP contribution in [0.15, 0.2) is 42.6 Å². The van der Waals surface area contributed by atoms with E-state index in [-0.39, 0.29) is 21.9 Å². The summed E-state index contributed by atoms with van der Waals surface area (Å²) in [5.41, 5.74) is 2.14. The van der Waals surface area contributed by atoms with Gasteiger partial charge < -0.3 is 5.32 Å². The number of hydrogen-bond acceptors (Lipinski definition) is 3. The molecule has 2 atom stereocenters. The largest absolute Gasteiger partial charge is 0.342 e. The van der Waals surface area contributed by atoms with E-state index in [9.17, 15) is 9.59 Å². The predicted molar refractivity (Wildman–Crippen MR) is 97.4 cm³/mol. The molecule has 2 amide bonds. The number of aryl methyl sites for hydroxylation is 1. The summed E-state index contributed by atoms with van der Waals surface area (Å²) in [6.07, 6.45) is 3.26. The first-order valence-corrected chi connectivity index (χ1v) is 9.32. The number of rotatable bonds is 6. The zero-order chi connectivity index (χ0) is 17.3. The van der Waals surface area contributed by atoms with Crippen molar-refractivity contribution in [1.29, 1.82) is 0 Å². The van der Waals surface area contributed by atoms with Crippen molar-refractivity contribution in [2.75, 3.05) is 0 Å². The van der Waals surface area contributed by atoms with Crippen LogP contribution in [0.5, 0.6) is 0 Å². The van der Waals surface area contributed by atoms with Crippen molar-refractivity contribution in [3.05, 3.63) is 48.2 Å². The van der Waals surface area contributed by atoms with Gasteiger partial charge in [-0.3, -0.25) is 14.5 Å². The molecule has 0 unspecified atom stereocenters. The molecule has 2 saturated heterocycles. The summed E-state index contributed by atoms with van der Waals surface area (Å²) in [5, 5.41) is 2.91. The Kier molecular flexibility index (Phi) is 4.72. The number of hydrogen-bond donors (Lipinski definition) is 1. The van der Waals surface area contributed by atoms with E-state index >= 15 is 0 Å². The van der Waals surface area contributed by atoms with E-state index in [0.29, 0.717) is 6.42 Å². The van der Waals surface area contributed by atoms with E-state index < -0.39 is 6.04 Å². The number of nitrogens with zero attached hydrogens (tertiary/aromatic N) is 1. The summed E-state index contributed by atoms with van der Waals surface area (Å²) in [4.78, 5) is 26.1. The lowest BCUT2D eigenvalue weighted by Gasteiger charge is -2.41. The van der Waals surface area contributed by atoms with Gasteiger partial charge in [0.2, 0.25) is 5.91 Å². The second-order valence-corrected chi connectivity index (χ2v) is 8.65. The number of amides is 2. The average molecular weight is 344 g/mol. The molecule has 2 aliphatic heterocycles. The van der Waals surface area contributed by atoms with Gasteiger partial charge in [-0.05, 0) is 38.7 Å². The van der Waals surface area contributed by atoms with Crippen LogP contribution in [0.3, 0.4) is 0 Å². The average Bonchev–Trinajstić information content (AvgIpc) is 2.77. The van der Waals surface area contributed by atoms with Crippen molar-refractivity contribution in [3.8, 4) is 0 Å². The third-order valence-electron chi connectivity index (χ3n) is 4.72. The summed E-state index contributed by atoms with van der Waals surface area (Å²) in [6.45, 7) is 8.14. The van der Waals surface area contributed by atoms with Gasteiger partial charge in [-0.25, -0.2) is 0 Å². The molecule has 0 spiro atoms. The molecule has 5 heteroatoms. The zero-order valence-corrected chi connectivity index (χ0v) is 15.1. The normalized spacial score (nSPS) is 24.5. The van der Waals surface area contributed by atoms with Crippen molar-refractivity contribution in [2.24, 2.45) is 0 Å². The molecule has 128 valence electrons. The first-order chi connectivity index (χ1) is 11.4. The number of benzene rings is 1. The maximum Gasteiger partial charge on any atom is 0.253 e. The Hall–Kier alpha value is -1.75. The standard InChI is InChI=1S/C19H24N2O2S/c1-13-19(2,3)24-18-16(17(23)21(13)18)20-15(22)12-8-7-11-14-9-5-4-6-10-14/h4-6,9-10,16,18H,1,7-8,11-12H2,2-3H3,(H,20,22)/t16-,18-/m1/s1. The zero-order valence-electron chi connectivity index (χ0n) is 14.2. The summed E-state index contributed by atoms with van der Waals surface area (Å²) in [6, 6.07) is 9.89. The van der Waals surface area contributed by atoms with Crippen molar-refractivity contribution >= 4 is 23.6 Å². The summed E-state index contributed by atoms with van der Waals surface area (Å²) < 4.78 is -0.143. The fourth-order valence-corrected chi connectivity index (χ4v) is 4.66. The van der Waals surface area contributed by atoms with Crippen LogP contribution in [0.4, 0.5) is 0 Å². The Morgan fingerprint density at radius 2 is 2.00 bits per heavy atom.